The number of hydrogen-bond donors (Lipinski definition) is 0. The van der Waals surface area contributed by atoms with Crippen LogP contribution >= 0.6 is 0 Å². The van der Waals surface area contributed by atoms with E-state index in [0.29, 0.717) is 24.9 Å². The first kappa shape index (κ1) is 6.20. The molecular weight excluding hydrogens is 128 g/mol. The molecule has 2 unspecified atom stereocenters. The number of rotatable bonds is 0. The molecule has 56 valence electrons. The fraction of sp³-hybridized carbons (Fsp3) is 0.875. The predicted molar refractivity (Wildman–Crippen MR) is 36.3 cm³/mol. The Morgan fingerprint density at radius 1 is 1.50 bits per heavy atom. The minimum atomic E-state index is -0.00352. The Balaban J connectivity index is 2.15. The Hall–Kier alpha value is -0.530. The second kappa shape index (κ2) is 1.55. The second-order valence-electron chi connectivity index (χ2n) is 3.65. The third kappa shape index (κ3) is 0.522. The van der Waals surface area contributed by atoms with Crippen molar-refractivity contribution in [2.24, 2.45) is 17.3 Å². The molecule has 0 bridgehead atoms. The molecule has 1 aliphatic carbocycles. The molecule has 1 saturated carbocycles. The number of ether oxygens (including phenoxy) is 1. The summed E-state index contributed by atoms with van der Waals surface area (Å²) in [4.78, 5) is 10.8. The molecule has 1 heterocycles. The molecule has 0 aromatic heterocycles. The van der Waals surface area contributed by atoms with Crippen molar-refractivity contribution in [1.82, 2.24) is 0 Å². The van der Waals surface area contributed by atoms with Gasteiger partial charge < -0.3 is 4.74 Å². The predicted octanol–water partition coefficient (Wildman–Crippen LogP) is 1.21. The number of carbonyl (C=O) groups excluding carboxylic acids is 1. The molecule has 1 aliphatic heterocycles. The Labute approximate surface area is 60.6 Å². The number of hydrogen-bond acceptors (Lipinski definition) is 2. The lowest BCUT2D eigenvalue weighted by molar-refractivity contribution is -0.137. The van der Waals surface area contributed by atoms with Crippen LogP contribution in [0.4, 0.5) is 0 Å². The van der Waals surface area contributed by atoms with Crippen LogP contribution < -0.4 is 0 Å². The first-order valence-corrected chi connectivity index (χ1v) is 3.82. The Morgan fingerprint density at radius 3 is 2.30 bits per heavy atom. The summed E-state index contributed by atoms with van der Waals surface area (Å²) in [6.07, 6.45) is 0.662. The summed E-state index contributed by atoms with van der Waals surface area (Å²) < 4.78 is 4.93. The molecular formula is C8H12O2. The van der Waals surface area contributed by atoms with Crippen LogP contribution in [-0.4, -0.2) is 12.6 Å². The molecule has 2 fully saturated rings. The highest BCUT2D eigenvalue weighted by Crippen LogP contribution is 2.62. The molecule has 2 aliphatic rings. The van der Waals surface area contributed by atoms with Crippen LogP contribution in [0, 0.1) is 17.3 Å². The van der Waals surface area contributed by atoms with Crippen LogP contribution in [0.5, 0.6) is 0 Å². The van der Waals surface area contributed by atoms with E-state index < -0.39 is 0 Å². The third-order valence-corrected chi connectivity index (χ3v) is 3.43. The highest BCUT2D eigenvalue weighted by molar-refractivity contribution is 5.73. The average Bonchev–Trinajstić information content (AvgIpc) is 2.37. The summed E-state index contributed by atoms with van der Waals surface area (Å²) in [5.41, 5.74) is 0.261. The largest absolute Gasteiger partial charge is 0.465 e. The second-order valence-corrected chi connectivity index (χ2v) is 3.65. The van der Waals surface area contributed by atoms with E-state index in [9.17, 15) is 4.79 Å². The molecule has 0 radical (unpaired) electrons. The standard InChI is InChI=1S/C8H12O2/c1-5-6(2)8(5)3-7(9)10-4-8/h5-6H,3-4H2,1-2H3. The summed E-state index contributed by atoms with van der Waals surface area (Å²) in [6, 6.07) is 0. The van der Waals surface area contributed by atoms with E-state index in [1.165, 1.54) is 0 Å². The molecule has 0 amide bonds. The van der Waals surface area contributed by atoms with Gasteiger partial charge in [0.05, 0.1) is 13.0 Å². The highest BCUT2D eigenvalue weighted by Gasteiger charge is 2.63. The molecule has 2 nitrogen and oxygen atoms in total. The van der Waals surface area contributed by atoms with Gasteiger partial charge in [-0.2, -0.15) is 0 Å². The Kier molecular flexibility index (Phi) is 0.960. The van der Waals surface area contributed by atoms with E-state index in [-0.39, 0.29) is 11.4 Å². The Morgan fingerprint density at radius 2 is 2.10 bits per heavy atom. The highest BCUT2D eigenvalue weighted by atomic mass is 16.5. The molecule has 2 rings (SSSR count). The van der Waals surface area contributed by atoms with Crippen molar-refractivity contribution in [3.63, 3.8) is 0 Å². The zero-order chi connectivity index (χ0) is 7.35. The van der Waals surface area contributed by atoms with Crippen LogP contribution in [-0.2, 0) is 9.53 Å². The van der Waals surface area contributed by atoms with Crippen molar-refractivity contribution < 1.29 is 9.53 Å². The fourth-order valence-electron chi connectivity index (χ4n) is 2.12. The summed E-state index contributed by atoms with van der Waals surface area (Å²) in [6.45, 7) is 5.08. The normalized spacial score (nSPS) is 51.6. The SMILES string of the molecule is CC1C(C)C12COC(=O)C2. The van der Waals surface area contributed by atoms with E-state index in [1.807, 2.05) is 0 Å². The number of carbonyl (C=O) groups is 1. The van der Waals surface area contributed by atoms with E-state index >= 15 is 0 Å². The van der Waals surface area contributed by atoms with Gasteiger partial charge in [0.25, 0.3) is 0 Å². The summed E-state index contributed by atoms with van der Waals surface area (Å²) >= 11 is 0. The van der Waals surface area contributed by atoms with Gasteiger partial charge in [-0.3, -0.25) is 4.79 Å². The van der Waals surface area contributed by atoms with Gasteiger partial charge in [0.15, 0.2) is 0 Å². The van der Waals surface area contributed by atoms with Crippen molar-refractivity contribution in [3.8, 4) is 0 Å². The monoisotopic (exact) mass is 140 g/mol. The van der Waals surface area contributed by atoms with Gasteiger partial charge in [-0.05, 0) is 11.8 Å². The van der Waals surface area contributed by atoms with Crippen molar-refractivity contribution in [1.29, 1.82) is 0 Å². The van der Waals surface area contributed by atoms with Crippen molar-refractivity contribution >= 4 is 5.97 Å². The first-order chi connectivity index (χ1) is 4.67. The molecule has 0 N–H and O–H groups in total. The van der Waals surface area contributed by atoms with E-state index in [4.69, 9.17) is 4.74 Å². The van der Waals surface area contributed by atoms with E-state index in [2.05, 4.69) is 13.8 Å². The van der Waals surface area contributed by atoms with Gasteiger partial charge >= 0.3 is 5.97 Å². The number of esters is 1. The quantitative estimate of drug-likeness (QED) is 0.473. The fourth-order valence-corrected chi connectivity index (χ4v) is 2.12. The lowest BCUT2D eigenvalue weighted by Gasteiger charge is -1.99. The molecule has 10 heavy (non-hydrogen) atoms. The third-order valence-electron chi connectivity index (χ3n) is 3.43. The van der Waals surface area contributed by atoms with Crippen LogP contribution in [0.2, 0.25) is 0 Å². The number of cyclic esters (lactones) is 1. The van der Waals surface area contributed by atoms with Gasteiger partial charge in [0.1, 0.15) is 0 Å². The van der Waals surface area contributed by atoms with E-state index in [0.717, 1.165) is 0 Å². The summed E-state index contributed by atoms with van der Waals surface area (Å²) in [5.74, 6) is 1.38. The molecule has 2 atom stereocenters. The first-order valence-electron chi connectivity index (χ1n) is 3.82. The molecule has 2 heteroatoms. The van der Waals surface area contributed by atoms with Gasteiger partial charge in [0.2, 0.25) is 0 Å². The zero-order valence-corrected chi connectivity index (χ0v) is 6.39. The lowest BCUT2D eigenvalue weighted by atomic mass is 10.0. The summed E-state index contributed by atoms with van der Waals surface area (Å²) in [7, 11) is 0. The van der Waals surface area contributed by atoms with Gasteiger partial charge in [-0.25, -0.2) is 0 Å². The van der Waals surface area contributed by atoms with Crippen LogP contribution in [0.3, 0.4) is 0 Å². The van der Waals surface area contributed by atoms with Crippen molar-refractivity contribution in [2.75, 3.05) is 6.61 Å². The minimum Gasteiger partial charge on any atom is -0.465 e. The van der Waals surface area contributed by atoms with Crippen molar-refractivity contribution in [2.45, 2.75) is 20.3 Å². The Bertz CT molecular complexity index is 178. The maximum Gasteiger partial charge on any atom is 0.306 e. The van der Waals surface area contributed by atoms with E-state index in [1.54, 1.807) is 0 Å². The smallest absolute Gasteiger partial charge is 0.306 e. The maximum atomic E-state index is 10.8. The average molecular weight is 140 g/mol. The van der Waals surface area contributed by atoms with Gasteiger partial charge in [-0.1, -0.05) is 13.8 Å². The molecule has 0 aromatic carbocycles. The van der Waals surface area contributed by atoms with Crippen molar-refractivity contribution in [3.05, 3.63) is 0 Å². The lowest BCUT2D eigenvalue weighted by Crippen LogP contribution is -2.02. The van der Waals surface area contributed by atoms with Gasteiger partial charge in [-0.15, -0.1) is 0 Å². The topological polar surface area (TPSA) is 26.3 Å². The molecule has 0 aromatic rings. The summed E-state index contributed by atoms with van der Waals surface area (Å²) in [5, 5.41) is 0. The van der Waals surface area contributed by atoms with Crippen LogP contribution in [0.25, 0.3) is 0 Å². The molecule has 1 saturated heterocycles. The zero-order valence-electron chi connectivity index (χ0n) is 6.39. The van der Waals surface area contributed by atoms with Crippen LogP contribution in [0.1, 0.15) is 20.3 Å². The maximum absolute atomic E-state index is 10.8. The van der Waals surface area contributed by atoms with Gasteiger partial charge in [0, 0.05) is 5.41 Å². The van der Waals surface area contributed by atoms with Crippen LogP contribution in [0.15, 0.2) is 0 Å². The minimum absolute atomic E-state index is 0.00352. The molecule has 1 spiro atoms.